The Kier molecular flexibility index (Phi) is 5.31. The van der Waals surface area contributed by atoms with E-state index in [4.69, 9.17) is 18.0 Å². The maximum atomic E-state index is 11.8. The van der Waals surface area contributed by atoms with E-state index < -0.39 is 9.84 Å². The number of anilines is 1. The molecule has 0 atom stereocenters. The molecule has 0 aliphatic carbocycles. The SMILES string of the molecule is CC(C)S(=O)(=O)CCN(C)c1ccccc1C(N)=S. The van der Waals surface area contributed by atoms with Gasteiger partial charge < -0.3 is 10.6 Å². The van der Waals surface area contributed by atoms with Crippen molar-refractivity contribution in [3.63, 3.8) is 0 Å². The van der Waals surface area contributed by atoms with E-state index in [-0.39, 0.29) is 11.0 Å². The summed E-state index contributed by atoms with van der Waals surface area (Å²) < 4.78 is 23.6. The number of thiocarbonyl (C=S) groups is 1. The highest BCUT2D eigenvalue weighted by atomic mass is 32.2. The summed E-state index contributed by atoms with van der Waals surface area (Å²) in [5.41, 5.74) is 7.29. The first kappa shape index (κ1) is 15.9. The van der Waals surface area contributed by atoms with Gasteiger partial charge >= 0.3 is 0 Å². The molecule has 1 rings (SSSR count). The summed E-state index contributed by atoms with van der Waals surface area (Å²) in [6, 6.07) is 7.46. The number of rotatable bonds is 6. The predicted molar refractivity (Wildman–Crippen MR) is 84.5 cm³/mol. The Morgan fingerprint density at radius 1 is 1.37 bits per heavy atom. The van der Waals surface area contributed by atoms with Gasteiger partial charge in [0.1, 0.15) is 4.99 Å². The van der Waals surface area contributed by atoms with E-state index in [1.165, 1.54) is 0 Å². The van der Waals surface area contributed by atoms with Crippen LogP contribution in [0.3, 0.4) is 0 Å². The molecule has 106 valence electrons. The number of nitrogens with zero attached hydrogens (tertiary/aromatic N) is 1. The van der Waals surface area contributed by atoms with Crippen LogP contribution in [-0.4, -0.2) is 38.0 Å². The highest BCUT2D eigenvalue weighted by molar-refractivity contribution is 7.92. The number of nitrogens with two attached hydrogens (primary N) is 1. The van der Waals surface area contributed by atoms with Crippen molar-refractivity contribution >= 4 is 32.7 Å². The van der Waals surface area contributed by atoms with Gasteiger partial charge in [-0.2, -0.15) is 0 Å². The van der Waals surface area contributed by atoms with E-state index >= 15 is 0 Å². The normalized spacial score (nSPS) is 11.6. The molecular formula is C13H20N2O2S2. The minimum atomic E-state index is -3.04. The molecule has 0 amide bonds. The van der Waals surface area contributed by atoms with E-state index in [0.29, 0.717) is 11.5 Å². The number of hydrogen-bond acceptors (Lipinski definition) is 4. The molecule has 4 nitrogen and oxygen atoms in total. The molecule has 0 fully saturated rings. The molecule has 1 aromatic carbocycles. The average molecular weight is 300 g/mol. The van der Waals surface area contributed by atoms with Crippen LogP contribution in [0.4, 0.5) is 5.69 Å². The maximum Gasteiger partial charge on any atom is 0.154 e. The largest absolute Gasteiger partial charge is 0.389 e. The Morgan fingerprint density at radius 2 is 1.95 bits per heavy atom. The topological polar surface area (TPSA) is 63.4 Å². The van der Waals surface area contributed by atoms with Crippen LogP contribution in [0, 0.1) is 0 Å². The predicted octanol–water partition coefficient (Wildman–Crippen LogP) is 1.58. The molecule has 1 aromatic rings. The Bertz CT molecular complexity index is 554. The number of hydrogen-bond donors (Lipinski definition) is 1. The van der Waals surface area contributed by atoms with Crippen molar-refractivity contribution < 1.29 is 8.42 Å². The molecule has 0 aromatic heterocycles. The van der Waals surface area contributed by atoms with E-state index in [1.807, 2.05) is 36.2 Å². The van der Waals surface area contributed by atoms with Gasteiger partial charge in [-0.05, 0) is 26.0 Å². The lowest BCUT2D eigenvalue weighted by molar-refractivity contribution is 0.586. The van der Waals surface area contributed by atoms with Crippen LogP contribution in [-0.2, 0) is 9.84 Å². The van der Waals surface area contributed by atoms with Crippen LogP contribution in [0.1, 0.15) is 19.4 Å². The van der Waals surface area contributed by atoms with Crippen LogP contribution >= 0.6 is 12.2 Å². The lowest BCUT2D eigenvalue weighted by Crippen LogP contribution is -2.30. The van der Waals surface area contributed by atoms with Crippen molar-refractivity contribution in [2.45, 2.75) is 19.1 Å². The molecule has 0 aliphatic heterocycles. The molecule has 0 spiro atoms. The van der Waals surface area contributed by atoms with Gasteiger partial charge in [-0.15, -0.1) is 0 Å². The molecule has 6 heteroatoms. The van der Waals surface area contributed by atoms with Gasteiger partial charge in [-0.3, -0.25) is 0 Å². The van der Waals surface area contributed by atoms with Crippen molar-refractivity contribution in [1.29, 1.82) is 0 Å². The minimum Gasteiger partial charge on any atom is -0.389 e. The van der Waals surface area contributed by atoms with E-state index in [9.17, 15) is 8.42 Å². The second kappa shape index (κ2) is 6.34. The molecule has 0 unspecified atom stereocenters. The van der Waals surface area contributed by atoms with Gasteiger partial charge in [0.2, 0.25) is 0 Å². The van der Waals surface area contributed by atoms with Crippen LogP contribution in [0.25, 0.3) is 0 Å². The second-order valence-electron chi connectivity index (χ2n) is 4.72. The van der Waals surface area contributed by atoms with Crippen molar-refractivity contribution in [2.24, 2.45) is 5.73 Å². The first-order valence-electron chi connectivity index (χ1n) is 6.07. The molecule has 0 heterocycles. The zero-order valence-corrected chi connectivity index (χ0v) is 13.1. The third-order valence-electron chi connectivity index (χ3n) is 3.01. The molecule has 0 aliphatic rings. The molecular weight excluding hydrogens is 280 g/mol. The minimum absolute atomic E-state index is 0.118. The first-order valence-corrected chi connectivity index (χ1v) is 8.19. The van der Waals surface area contributed by atoms with Crippen molar-refractivity contribution in [2.75, 3.05) is 24.2 Å². The standard InChI is InChI=1S/C13H20N2O2S2/c1-10(2)19(16,17)9-8-15(3)12-7-5-4-6-11(12)13(14)18/h4-7,10H,8-9H2,1-3H3,(H2,14,18). The van der Waals surface area contributed by atoms with Crippen LogP contribution in [0.15, 0.2) is 24.3 Å². The van der Waals surface area contributed by atoms with Crippen LogP contribution in [0.5, 0.6) is 0 Å². The van der Waals surface area contributed by atoms with Gasteiger partial charge in [0.25, 0.3) is 0 Å². The van der Waals surface area contributed by atoms with Crippen molar-refractivity contribution in [1.82, 2.24) is 0 Å². The third-order valence-corrected chi connectivity index (χ3v) is 5.42. The Labute approximate surface area is 120 Å². The van der Waals surface area contributed by atoms with Crippen LogP contribution < -0.4 is 10.6 Å². The van der Waals surface area contributed by atoms with Gasteiger partial charge in [0, 0.05) is 24.8 Å². The van der Waals surface area contributed by atoms with Crippen LogP contribution in [0.2, 0.25) is 0 Å². The summed E-state index contributed by atoms with van der Waals surface area (Å²) in [6.07, 6.45) is 0. The fraction of sp³-hybridized carbons (Fsp3) is 0.462. The highest BCUT2D eigenvalue weighted by Crippen LogP contribution is 2.19. The summed E-state index contributed by atoms with van der Waals surface area (Å²) in [7, 11) is -1.20. The maximum absolute atomic E-state index is 11.8. The quantitative estimate of drug-likeness (QED) is 0.808. The Morgan fingerprint density at radius 3 is 2.47 bits per heavy atom. The second-order valence-corrected chi connectivity index (χ2v) is 7.84. The Balaban J connectivity index is 2.85. The molecule has 2 N–H and O–H groups in total. The Hall–Kier alpha value is -1.14. The number of para-hydroxylation sites is 1. The molecule has 0 saturated carbocycles. The highest BCUT2D eigenvalue weighted by Gasteiger charge is 2.17. The van der Waals surface area contributed by atoms with Gasteiger partial charge in [0.15, 0.2) is 9.84 Å². The zero-order chi connectivity index (χ0) is 14.6. The van der Waals surface area contributed by atoms with Gasteiger partial charge in [0.05, 0.1) is 11.0 Å². The van der Waals surface area contributed by atoms with E-state index in [2.05, 4.69) is 0 Å². The van der Waals surface area contributed by atoms with E-state index in [0.717, 1.165) is 11.3 Å². The smallest absolute Gasteiger partial charge is 0.154 e. The average Bonchev–Trinajstić information content (AvgIpc) is 2.35. The summed E-state index contributed by atoms with van der Waals surface area (Å²) in [4.78, 5) is 2.18. The van der Waals surface area contributed by atoms with Gasteiger partial charge in [-0.1, -0.05) is 24.4 Å². The first-order chi connectivity index (χ1) is 8.75. The molecule has 0 saturated heterocycles. The van der Waals surface area contributed by atoms with Crippen molar-refractivity contribution in [3.8, 4) is 0 Å². The lowest BCUT2D eigenvalue weighted by atomic mass is 10.1. The summed E-state index contributed by atoms with van der Waals surface area (Å²) in [5, 5.41) is -0.355. The van der Waals surface area contributed by atoms with E-state index in [1.54, 1.807) is 13.8 Å². The van der Waals surface area contributed by atoms with Gasteiger partial charge in [-0.25, -0.2) is 8.42 Å². The lowest BCUT2D eigenvalue weighted by Gasteiger charge is -2.22. The molecule has 0 radical (unpaired) electrons. The fourth-order valence-corrected chi connectivity index (χ4v) is 2.81. The zero-order valence-electron chi connectivity index (χ0n) is 11.5. The van der Waals surface area contributed by atoms with Crippen molar-refractivity contribution in [3.05, 3.63) is 29.8 Å². The molecule has 0 bridgehead atoms. The number of sulfone groups is 1. The summed E-state index contributed by atoms with van der Waals surface area (Å²) in [5.74, 6) is 0.118. The third kappa shape index (κ3) is 4.18. The molecule has 19 heavy (non-hydrogen) atoms. The monoisotopic (exact) mass is 300 g/mol. The summed E-state index contributed by atoms with van der Waals surface area (Å²) in [6.45, 7) is 3.80. The number of benzene rings is 1. The summed E-state index contributed by atoms with van der Waals surface area (Å²) >= 11 is 5.00. The fourth-order valence-electron chi connectivity index (χ4n) is 1.64.